The summed E-state index contributed by atoms with van der Waals surface area (Å²) in [5.74, 6) is 1.53. The summed E-state index contributed by atoms with van der Waals surface area (Å²) in [4.78, 5) is 19.1. The molecule has 0 radical (unpaired) electrons. The minimum absolute atomic E-state index is 0. The maximum Gasteiger partial charge on any atom is 0.409 e. The van der Waals surface area contributed by atoms with Crippen LogP contribution >= 0.6 is 35.7 Å². The molecular formula is C18H29IN4O2S. The average molecular weight is 492 g/mol. The topological polar surface area (TPSA) is 80.0 Å². The lowest BCUT2D eigenvalue weighted by Crippen LogP contribution is -2.48. The molecule has 1 saturated heterocycles. The minimum atomic E-state index is -0.224. The number of amides is 1. The van der Waals surface area contributed by atoms with Crippen molar-refractivity contribution in [3.05, 3.63) is 30.3 Å². The van der Waals surface area contributed by atoms with Gasteiger partial charge in [0.25, 0.3) is 0 Å². The van der Waals surface area contributed by atoms with Gasteiger partial charge < -0.3 is 20.7 Å². The summed E-state index contributed by atoms with van der Waals surface area (Å²) in [7, 11) is 0. The van der Waals surface area contributed by atoms with E-state index in [1.54, 1.807) is 4.90 Å². The Morgan fingerprint density at radius 2 is 2.04 bits per heavy atom. The number of carbonyl (C=O) groups is 1. The number of thioether (sulfide) groups is 1. The number of halogens is 1. The van der Waals surface area contributed by atoms with Crippen LogP contribution in [0.15, 0.2) is 40.2 Å². The number of ether oxygens (including phenoxy) is 1. The normalized spacial score (nSPS) is 15.3. The summed E-state index contributed by atoms with van der Waals surface area (Å²) >= 11 is 1.83. The highest BCUT2D eigenvalue weighted by atomic mass is 127. The maximum absolute atomic E-state index is 11.7. The first-order chi connectivity index (χ1) is 12.2. The maximum atomic E-state index is 11.7. The van der Waals surface area contributed by atoms with Gasteiger partial charge in [-0.3, -0.25) is 4.99 Å². The van der Waals surface area contributed by atoms with Crippen LogP contribution in [0.5, 0.6) is 0 Å². The lowest BCUT2D eigenvalue weighted by molar-refractivity contribution is 0.0963. The number of likely N-dealkylation sites (tertiary alicyclic amines) is 1. The summed E-state index contributed by atoms with van der Waals surface area (Å²) in [6, 6.07) is 10.6. The molecule has 1 fully saturated rings. The van der Waals surface area contributed by atoms with E-state index in [4.69, 9.17) is 10.5 Å². The Morgan fingerprint density at radius 3 is 2.69 bits per heavy atom. The zero-order valence-corrected chi connectivity index (χ0v) is 18.4. The van der Waals surface area contributed by atoms with Crippen LogP contribution in [0.3, 0.4) is 0 Å². The number of aliphatic imine (C=N–C) groups is 1. The van der Waals surface area contributed by atoms with Gasteiger partial charge in [-0.2, -0.15) is 0 Å². The summed E-state index contributed by atoms with van der Waals surface area (Å²) in [5.41, 5.74) is 5.97. The van der Waals surface area contributed by atoms with Crippen LogP contribution in [-0.4, -0.2) is 55.0 Å². The van der Waals surface area contributed by atoms with E-state index in [-0.39, 0.29) is 36.1 Å². The predicted molar refractivity (Wildman–Crippen MR) is 118 cm³/mol. The molecule has 0 atom stereocenters. The number of benzene rings is 1. The quantitative estimate of drug-likeness (QED) is 0.201. The third-order valence-corrected chi connectivity index (χ3v) is 5.07. The lowest BCUT2D eigenvalue weighted by atomic mass is 10.1. The molecule has 0 spiro atoms. The molecule has 26 heavy (non-hydrogen) atoms. The molecule has 1 aliphatic rings. The molecule has 2 rings (SSSR count). The third kappa shape index (κ3) is 8.48. The van der Waals surface area contributed by atoms with Crippen LogP contribution in [0.25, 0.3) is 0 Å². The molecule has 1 aliphatic heterocycles. The van der Waals surface area contributed by atoms with Crippen molar-refractivity contribution in [2.45, 2.75) is 37.1 Å². The molecule has 1 amide bonds. The van der Waals surface area contributed by atoms with Crippen LogP contribution in [0.2, 0.25) is 0 Å². The summed E-state index contributed by atoms with van der Waals surface area (Å²) < 4.78 is 5.02. The second-order valence-corrected chi connectivity index (χ2v) is 7.05. The van der Waals surface area contributed by atoms with E-state index < -0.39 is 0 Å². The number of guanidine groups is 1. The zero-order chi connectivity index (χ0) is 17.9. The monoisotopic (exact) mass is 492 g/mol. The molecule has 0 aliphatic carbocycles. The predicted octanol–water partition coefficient (Wildman–Crippen LogP) is 3.31. The summed E-state index contributed by atoms with van der Waals surface area (Å²) in [5, 5.41) is 3.26. The summed E-state index contributed by atoms with van der Waals surface area (Å²) in [6.45, 7) is 4.34. The molecule has 0 saturated carbocycles. The van der Waals surface area contributed by atoms with Crippen LogP contribution in [0.1, 0.15) is 26.2 Å². The molecule has 6 nitrogen and oxygen atoms in total. The number of nitrogens with two attached hydrogens (primary N) is 1. The lowest BCUT2D eigenvalue weighted by Gasteiger charge is -2.31. The molecule has 0 unspecified atom stereocenters. The van der Waals surface area contributed by atoms with E-state index in [2.05, 4.69) is 34.6 Å². The number of hydrogen-bond donors (Lipinski definition) is 2. The van der Waals surface area contributed by atoms with Gasteiger partial charge in [-0.25, -0.2) is 4.79 Å². The molecule has 1 aromatic carbocycles. The van der Waals surface area contributed by atoms with Crippen molar-refractivity contribution in [3.8, 4) is 0 Å². The number of nitrogens with one attached hydrogen (secondary N) is 1. The number of carbonyl (C=O) groups excluding carboxylic acids is 1. The molecule has 0 bridgehead atoms. The number of piperidine rings is 1. The number of rotatable bonds is 7. The van der Waals surface area contributed by atoms with E-state index in [1.807, 2.05) is 24.8 Å². The standard InChI is InChI=1S/C18H28N4O2S.HI/c1-2-24-18(23)22-12-9-15(10-13-22)21-17(19)20-11-6-14-25-16-7-4-3-5-8-16;/h3-5,7-8,15H,2,6,9-14H2,1H3,(H3,19,20,21);1H. The summed E-state index contributed by atoms with van der Waals surface area (Å²) in [6.07, 6.45) is 2.49. The highest BCUT2D eigenvalue weighted by molar-refractivity contribution is 14.0. The van der Waals surface area contributed by atoms with E-state index in [0.717, 1.165) is 31.6 Å². The van der Waals surface area contributed by atoms with Gasteiger partial charge in [-0.05, 0) is 44.1 Å². The Kier molecular flexibility index (Phi) is 11.5. The second kappa shape index (κ2) is 13.1. The van der Waals surface area contributed by atoms with Crippen LogP contribution in [0, 0.1) is 0 Å². The van der Waals surface area contributed by atoms with Crippen LogP contribution < -0.4 is 11.1 Å². The molecule has 146 valence electrons. The third-order valence-electron chi connectivity index (χ3n) is 3.97. The Balaban J connectivity index is 0.00000338. The smallest absolute Gasteiger partial charge is 0.409 e. The van der Waals surface area contributed by atoms with Gasteiger partial charge in [0.1, 0.15) is 0 Å². The van der Waals surface area contributed by atoms with Gasteiger partial charge in [0, 0.05) is 30.6 Å². The highest BCUT2D eigenvalue weighted by Crippen LogP contribution is 2.17. The fourth-order valence-electron chi connectivity index (χ4n) is 2.65. The molecule has 3 N–H and O–H groups in total. The fraction of sp³-hybridized carbons (Fsp3) is 0.556. The molecule has 0 aromatic heterocycles. The number of hydrogen-bond acceptors (Lipinski definition) is 4. The van der Waals surface area contributed by atoms with Crippen molar-refractivity contribution < 1.29 is 9.53 Å². The second-order valence-electron chi connectivity index (χ2n) is 5.89. The number of nitrogens with zero attached hydrogens (tertiary/aromatic N) is 2. The Bertz CT molecular complexity index is 551. The molecule has 1 heterocycles. The van der Waals surface area contributed by atoms with Crippen molar-refractivity contribution in [2.24, 2.45) is 10.7 Å². The minimum Gasteiger partial charge on any atom is -0.450 e. The first-order valence-electron chi connectivity index (χ1n) is 8.85. The Hall–Kier alpha value is -1.16. The van der Waals surface area contributed by atoms with Crippen LogP contribution in [-0.2, 0) is 4.74 Å². The largest absolute Gasteiger partial charge is 0.450 e. The zero-order valence-electron chi connectivity index (χ0n) is 15.2. The van der Waals surface area contributed by atoms with Gasteiger partial charge in [0.15, 0.2) is 5.96 Å². The van der Waals surface area contributed by atoms with Gasteiger partial charge in [-0.1, -0.05) is 18.2 Å². The van der Waals surface area contributed by atoms with E-state index in [0.29, 0.717) is 25.7 Å². The van der Waals surface area contributed by atoms with Gasteiger partial charge in [0.2, 0.25) is 0 Å². The highest BCUT2D eigenvalue weighted by Gasteiger charge is 2.23. The van der Waals surface area contributed by atoms with E-state index in [1.165, 1.54) is 4.90 Å². The van der Waals surface area contributed by atoms with Crippen molar-refractivity contribution >= 4 is 47.8 Å². The van der Waals surface area contributed by atoms with E-state index in [9.17, 15) is 4.79 Å². The van der Waals surface area contributed by atoms with Crippen LogP contribution in [0.4, 0.5) is 4.79 Å². The first kappa shape index (κ1) is 22.9. The fourth-order valence-corrected chi connectivity index (χ4v) is 3.51. The van der Waals surface area contributed by atoms with E-state index >= 15 is 0 Å². The average Bonchev–Trinajstić information content (AvgIpc) is 2.63. The molecule has 8 heteroatoms. The Labute approximate surface area is 177 Å². The van der Waals surface area contributed by atoms with Gasteiger partial charge in [0.05, 0.1) is 6.61 Å². The molecular weight excluding hydrogens is 463 g/mol. The van der Waals surface area contributed by atoms with Crippen molar-refractivity contribution in [1.29, 1.82) is 0 Å². The molecule has 1 aromatic rings. The van der Waals surface area contributed by atoms with Crippen molar-refractivity contribution in [2.75, 3.05) is 32.0 Å². The SMILES string of the molecule is CCOC(=O)N1CCC(NC(N)=NCCCSc2ccccc2)CC1.I. The van der Waals surface area contributed by atoms with Gasteiger partial charge in [-0.15, -0.1) is 35.7 Å². The first-order valence-corrected chi connectivity index (χ1v) is 9.83. The Morgan fingerprint density at radius 1 is 1.35 bits per heavy atom. The van der Waals surface area contributed by atoms with Gasteiger partial charge >= 0.3 is 6.09 Å². The van der Waals surface area contributed by atoms with Crippen molar-refractivity contribution in [1.82, 2.24) is 10.2 Å². The van der Waals surface area contributed by atoms with Crippen molar-refractivity contribution in [3.63, 3.8) is 0 Å².